The van der Waals surface area contributed by atoms with E-state index in [1.807, 2.05) is 45.3 Å². The van der Waals surface area contributed by atoms with Gasteiger partial charge in [-0.15, -0.1) is 0 Å². The zero-order chi connectivity index (χ0) is 15.9. The molecule has 2 N–H and O–H groups in total. The fraction of sp³-hybridized carbons (Fsp3) is 0.412. The molecule has 1 unspecified atom stereocenters. The number of aromatic nitrogens is 2. The van der Waals surface area contributed by atoms with Gasteiger partial charge in [0.25, 0.3) is 0 Å². The fourth-order valence-corrected chi connectivity index (χ4v) is 2.07. The van der Waals surface area contributed by atoms with Crippen LogP contribution in [-0.2, 0) is 0 Å². The lowest BCUT2D eigenvalue weighted by Crippen LogP contribution is -2.15. The van der Waals surface area contributed by atoms with E-state index in [2.05, 4.69) is 14.9 Å². The Kier molecular flexibility index (Phi) is 5.86. The molecule has 0 aliphatic heterocycles. The lowest BCUT2D eigenvalue weighted by Gasteiger charge is -2.10. The molecule has 0 fully saturated rings. The molecule has 1 heterocycles. The Balaban J connectivity index is 1.98. The molecule has 1 aromatic carbocycles. The van der Waals surface area contributed by atoms with Gasteiger partial charge >= 0.3 is 0 Å². The summed E-state index contributed by atoms with van der Waals surface area (Å²) in [5.41, 5.74) is 7.95. The molecular formula is C17H24N4O. The van der Waals surface area contributed by atoms with Gasteiger partial charge in [0.2, 0.25) is 0 Å². The van der Waals surface area contributed by atoms with Gasteiger partial charge in [0.1, 0.15) is 0 Å². The van der Waals surface area contributed by atoms with Gasteiger partial charge in [-0.3, -0.25) is 0 Å². The van der Waals surface area contributed by atoms with Gasteiger partial charge in [-0.1, -0.05) is 18.2 Å². The largest absolute Gasteiger partial charge is 0.490 e. The second-order valence-electron chi connectivity index (χ2n) is 5.66. The summed E-state index contributed by atoms with van der Waals surface area (Å²) in [6, 6.07) is 8.00. The highest BCUT2D eigenvalue weighted by molar-refractivity contribution is 5.56. The van der Waals surface area contributed by atoms with Crippen molar-refractivity contribution in [2.45, 2.75) is 19.4 Å². The Morgan fingerprint density at radius 3 is 2.59 bits per heavy atom. The molecule has 1 atom stereocenters. The lowest BCUT2D eigenvalue weighted by atomic mass is 10.1. The topological polar surface area (TPSA) is 64.3 Å². The third-order valence-electron chi connectivity index (χ3n) is 3.32. The van der Waals surface area contributed by atoms with E-state index in [4.69, 9.17) is 10.5 Å². The summed E-state index contributed by atoms with van der Waals surface area (Å²) < 4.78 is 5.64. The first kappa shape index (κ1) is 16.4. The van der Waals surface area contributed by atoms with Crippen LogP contribution in [-0.4, -0.2) is 42.1 Å². The number of hydrogen-bond acceptors (Lipinski definition) is 5. The maximum atomic E-state index is 5.91. The Morgan fingerprint density at radius 2 is 1.95 bits per heavy atom. The molecular weight excluding hydrogens is 276 g/mol. The van der Waals surface area contributed by atoms with Crippen LogP contribution in [0.1, 0.15) is 24.9 Å². The molecule has 5 heteroatoms. The third kappa shape index (κ3) is 4.79. The van der Waals surface area contributed by atoms with Crippen molar-refractivity contribution in [3.8, 4) is 17.1 Å². The first-order valence-electron chi connectivity index (χ1n) is 7.52. The molecule has 0 saturated heterocycles. The Hall–Kier alpha value is -1.98. The van der Waals surface area contributed by atoms with Gasteiger partial charge < -0.3 is 15.4 Å². The van der Waals surface area contributed by atoms with Crippen molar-refractivity contribution in [2.24, 2.45) is 5.73 Å². The highest BCUT2D eigenvalue weighted by Gasteiger charge is 2.05. The van der Waals surface area contributed by atoms with Gasteiger partial charge in [0.15, 0.2) is 11.6 Å². The molecule has 1 aromatic heterocycles. The minimum absolute atomic E-state index is 0.000691. The lowest BCUT2D eigenvalue weighted by molar-refractivity contribution is 0.280. The molecule has 0 bridgehead atoms. The predicted octanol–water partition coefficient (Wildman–Crippen LogP) is 2.49. The zero-order valence-electron chi connectivity index (χ0n) is 13.5. The number of nitrogens with two attached hydrogens (primary N) is 1. The van der Waals surface area contributed by atoms with Crippen LogP contribution in [0.5, 0.6) is 5.75 Å². The summed E-state index contributed by atoms with van der Waals surface area (Å²) >= 11 is 0. The van der Waals surface area contributed by atoms with E-state index in [0.29, 0.717) is 18.2 Å². The Morgan fingerprint density at radius 1 is 1.23 bits per heavy atom. The number of rotatable bonds is 7. The van der Waals surface area contributed by atoms with Crippen LogP contribution >= 0.6 is 0 Å². The van der Waals surface area contributed by atoms with Crippen molar-refractivity contribution in [3.05, 3.63) is 42.2 Å². The van der Waals surface area contributed by atoms with E-state index in [-0.39, 0.29) is 6.04 Å². The van der Waals surface area contributed by atoms with Crippen LogP contribution in [0.3, 0.4) is 0 Å². The number of hydrogen-bond donors (Lipinski definition) is 1. The molecule has 0 aliphatic carbocycles. The summed E-state index contributed by atoms with van der Waals surface area (Å²) in [5.74, 6) is 1.38. The number of ether oxygens (including phenoxy) is 1. The van der Waals surface area contributed by atoms with E-state index >= 15 is 0 Å². The van der Waals surface area contributed by atoms with Crippen LogP contribution in [0.25, 0.3) is 11.4 Å². The summed E-state index contributed by atoms with van der Waals surface area (Å²) in [4.78, 5) is 10.9. The molecule has 0 spiro atoms. The highest BCUT2D eigenvalue weighted by Crippen LogP contribution is 2.20. The van der Waals surface area contributed by atoms with Crippen LogP contribution in [0.15, 0.2) is 36.7 Å². The summed E-state index contributed by atoms with van der Waals surface area (Å²) in [6.45, 7) is 3.63. The van der Waals surface area contributed by atoms with E-state index in [1.165, 1.54) is 0 Å². The first-order chi connectivity index (χ1) is 10.6. The Labute approximate surface area is 132 Å². The van der Waals surface area contributed by atoms with Crippen molar-refractivity contribution >= 4 is 0 Å². The minimum atomic E-state index is -0.000691. The molecule has 2 rings (SSSR count). The standard InChI is InChI=1S/C17H24N4O/c1-13(18)14-6-4-7-15(10-14)17-19-11-16(12-20-17)22-9-5-8-21(2)3/h4,6-7,10-13H,5,8-9,18H2,1-3H3. The predicted molar refractivity (Wildman–Crippen MR) is 88.7 cm³/mol. The second-order valence-corrected chi connectivity index (χ2v) is 5.66. The van der Waals surface area contributed by atoms with Gasteiger partial charge in [-0.25, -0.2) is 9.97 Å². The SMILES string of the molecule is CC(N)c1cccc(-c2ncc(OCCCN(C)C)cn2)c1. The maximum absolute atomic E-state index is 5.91. The average Bonchev–Trinajstić information content (AvgIpc) is 2.52. The molecule has 0 aliphatic rings. The number of benzene rings is 1. The summed E-state index contributed by atoms with van der Waals surface area (Å²) in [6.07, 6.45) is 4.41. The molecule has 0 amide bonds. The van der Waals surface area contributed by atoms with Gasteiger partial charge in [0.05, 0.1) is 19.0 Å². The van der Waals surface area contributed by atoms with E-state index < -0.39 is 0 Å². The maximum Gasteiger partial charge on any atom is 0.159 e. The molecule has 118 valence electrons. The van der Waals surface area contributed by atoms with Gasteiger partial charge in [-0.2, -0.15) is 0 Å². The minimum Gasteiger partial charge on any atom is -0.490 e. The average molecular weight is 300 g/mol. The normalized spacial score (nSPS) is 12.4. The third-order valence-corrected chi connectivity index (χ3v) is 3.32. The zero-order valence-corrected chi connectivity index (χ0v) is 13.5. The van der Waals surface area contributed by atoms with Crippen molar-refractivity contribution in [1.29, 1.82) is 0 Å². The number of nitrogens with zero attached hydrogens (tertiary/aromatic N) is 3. The van der Waals surface area contributed by atoms with Crippen molar-refractivity contribution in [1.82, 2.24) is 14.9 Å². The first-order valence-corrected chi connectivity index (χ1v) is 7.52. The second kappa shape index (κ2) is 7.87. The van der Waals surface area contributed by atoms with Crippen LogP contribution in [0, 0.1) is 0 Å². The molecule has 5 nitrogen and oxygen atoms in total. The molecule has 2 aromatic rings. The molecule has 0 saturated carbocycles. The smallest absolute Gasteiger partial charge is 0.159 e. The summed E-state index contributed by atoms with van der Waals surface area (Å²) in [5, 5.41) is 0. The molecule has 22 heavy (non-hydrogen) atoms. The van der Waals surface area contributed by atoms with Crippen LogP contribution in [0.4, 0.5) is 0 Å². The monoisotopic (exact) mass is 300 g/mol. The summed E-state index contributed by atoms with van der Waals surface area (Å²) in [7, 11) is 4.10. The van der Waals surface area contributed by atoms with Crippen molar-refractivity contribution in [2.75, 3.05) is 27.2 Å². The van der Waals surface area contributed by atoms with Gasteiger partial charge in [0, 0.05) is 18.2 Å². The Bertz CT molecular complexity index is 581. The van der Waals surface area contributed by atoms with Crippen molar-refractivity contribution in [3.63, 3.8) is 0 Å². The van der Waals surface area contributed by atoms with Crippen molar-refractivity contribution < 1.29 is 4.74 Å². The van der Waals surface area contributed by atoms with Gasteiger partial charge in [-0.05, 0) is 39.1 Å². The fourth-order valence-electron chi connectivity index (χ4n) is 2.07. The quantitative estimate of drug-likeness (QED) is 0.796. The van der Waals surface area contributed by atoms with E-state index in [0.717, 1.165) is 24.1 Å². The highest BCUT2D eigenvalue weighted by atomic mass is 16.5. The van der Waals surface area contributed by atoms with Crippen LogP contribution < -0.4 is 10.5 Å². The van der Waals surface area contributed by atoms with E-state index in [9.17, 15) is 0 Å². The molecule has 0 radical (unpaired) electrons. The van der Waals surface area contributed by atoms with Crippen LogP contribution in [0.2, 0.25) is 0 Å². The van der Waals surface area contributed by atoms with E-state index in [1.54, 1.807) is 12.4 Å².